The Kier molecular flexibility index (Phi) is 4.70. The maximum atomic E-state index is 11.7. The fourth-order valence-corrected chi connectivity index (χ4v) is 2.29. The van der Waals surface area contributed by atoms with Gasteiger partial charge in [-0.2, -0.15) is 0 Å². The highest BCUT2D eigenvalue weighted by Crippen LogP contribution is 2.34. The molecule has 1 aliphatic rings. The number of benzene rings is 1. The fraction of sp³-hybridized carbons (Fsp3) is 0.333. The second kappa shape index (κ2) is 6.49. The maximum absolute atomic E-state index is 11.7. The highest BCUT2D eigenvalue weighted by molar-refractivity contribution is 8.00. The molecule has 108 valence electrons. The van der Waals surface area contributed by atoms with E-state index in [2.05, 4.69) is 5.32 Å². The summed E-state index contributed by atoms with van der Waals surface area (Å²) in [7, 11) is 0. The highest BCUT2D eigenvalue weighted by Gasteiger charge is 2.15. The van der Waals surface area contributed by atoms with Gasteiger partial charge in [-0.15, -0.1) is 11.8 Å². The second-order valence-electron chi connectivity index (χ2n) is 4.08. The number of rotatable bonds is 6. The number of carbonyl (C=O) groups is 2. The molecule has 1 amide bonds. The summed E-state index contributed by atoms with van der Waals surface area (Å²) >= 11 is 1.17. The number of thioether (sulfide) groups is 1. The first-order valence-electron chi connectivity index (χ1n) is 5.82. The number of amides is 1. The van der Waals surface area contributed by atoms with Crippen LogP contribution in [0.4, 0.5) is 5.69 Å². The first kappa shape index (κ1) is 14.5. The molecule has 1 atom stereocenters. The van der Waals surface area contributed by atoms with Crippen LogP contribution >= 0.6 is 11.8 Å². The number of anilines is 1. The molecule has 8 heteroatoms. The van der Waals surface area contributed by atoms with Crippen LogP contribution in [0.25, 0.3) is 0 Å². The third-order valence-electron chi connectivity index (χ3n) is 2.50. The average molecular weight is 298 g/mol. The van der Waals surface area contributed by atoms with Gasteiger partial charge in [-0.1, -0.05) is 0 Å². The van der Waals surface area contributed by atoms with Crippen molar-refractivity contribution in [3.05, 3.63) is 18.2 Å². The van der Waals surface area contributed by atoms with E-state index in [4.69, 9.17) is 20.3 Å². The van der Waals surface area contributed by atoms with Crippen molar-refractivity contribution in [3.63, 3.8) is 0 Å². The molecule has 2 rings (SSSR count). The zero-order chi connectivity index (χ0) is 14.5. The number of aliphatic carboxylic acids is 1. The molecule has 1 aromatic carbocycles. The number of ether oxygens (including phenoxy) is 2. The van der Waals surface area contributed by atoms with Crippen LogP contribution in [0.2, 0.25) is 0 Å². The van der Waals surface area contributed by atoms with Gasteiger partial charge in [-0.25, -0.2) is 0 Å². The first-order chi connectivity index (χ1) is 9.56. The van der Waals surface area contributed by atoms with Crippen LogP contribution in [-0.4, -0.2) is 41.3 Å². The molecule has 0 saturated heterocycles. The third-order valence-corrected chi connectivity index (χ3v) is 3.57. The minimum atomic E-state index is -1.08. The molecule has 1 aromatic rings. The van der Waals surface area contributed by atoms with E-state index in [1.165, 1.54) is 11.8 Å². The normalized spacial score (nSPS) is 13.8. The van der Waals surface area contributed by atoms with Crippen LogP contribution in [0.15, 0.2) is 18.2 Å². The van der Waals surface area contributed by atoms with E-state index in [1.54, 1.807) is 18.2 Å². The molecule has 1 aliphatic heterocycles. The number of fused-ring (bicyclic) bond motifs is 1. The van der Waals surface area contributed by atoms with E-state index in [-0.39, 0.29) is 24.2 Å². The van der Waals surface area contributed by atoms with Crippen molar-refractivity contribution in [2.75, 3.05) is 23.6 Å². The van der Waals surface area contributed by atoms with Crippen molar-refractivity contribution in [3.8, 4) is 11.5 Å². The molecular weight excluding hydrogens is 284 g/mol. The summed E-state index contributed by atoms with van der Waals surface area (Å²) in [6.07, 6.45) is 0. The maximum Gasteiger partial charge on any atom is 0.321 e. The Labute approximate surface area is 119 Å². The number of carboxylic acids is 1. The summed E-state index contributed by atoms with van der Waals surface area (Å²) in [6.45, 7) is 0.176. The van der Waals surface area contributed by atoms with Gasteiger partial charge in [0.15, 0.2) is 11.5 Å². The molecule has 0 unspecified atom stereocenters. The van der Waals surface area contributed by atoms with Crippen LogP contribution < -0.4 is 20.5 Å². The Balaban J connectivity index is 1.78. The van der Waals surface area contributed by atoms with Gasteiger partial charge in [-0.3, -0.25) is 9.59 Å². The molecule has 1 heterocycles. The van der Waals surface area contributed by atoms with Crippen molar-refractivity contribution >= 4 is 29.3 Å². The molecule has 4 N–H and O–H groups in total. The van der Waals surface area contributed by atoms with Gasteiger partial charge >= 0.3 is 5.97 Å². The van der Waals surface area contributed by atoms with E-state index in [9.17, 15) is 9.59 Å². The predicted molar refractivity (Wildman–Crippen MR) is 74.1 cm³/mol. The Morgan fingerprint density at radius 3 is 2.90 bits per heavy atom. The molecule has 7 nitrogen and oxygen atoms in total. The number of carboxylic acid groups (broad SMARTS) is 1. The monoisotopic (exact) mass is 298 g/mol. The summed E-state index contributed by atoms with van der Waals surface area (Å²) in [5.74, 6) is 0.243. The molecule has 0 fully saturated rings. The third kappa shape index (κ3) is 3.78. The summed E-state index contributed by atoms with van der Waals surface area (Å²) in [4.78, 5) is 22.2. The van der Waals surface area contributed by atoms with Gasteiger partial charge in [0.25, 0.3) is 0 Å². The first-order valence-corrected chi connectivity index (χ1v) is 6.97. The Bertz CT molecular complexity index is 523. The van der Waals surface area contributed by atoms with E-state index in [0.717, 1.165) is 0 Å². The average Bonchev–Trinajstić information content (AvgIpc) is 2.85. The molecule has 0 aromatic heterocycles. The van der Waals surface area contributed by atoms with Crippen molar-refractivity contribution in [2.24, 2.45) is 5.73 Å². The standard InChI is InChI=1S/C12H14N2O5S/c13-8(12(16)17)4-20-5-11(15)14-7-1-2-9-10(3-7)19-6-18-9/h1-3,8H,4-6,13H2,(H,14,15)(H,16,17)/t8-/m0/s1. The van der Waals surface area contributed by atoms with E-state index < -0.39 is 12.0 Å². The summed E-state index contributed by atoms with van der Waals surface area (Å²) < 4.78 is 10.4. The second-order valence-corrected chi connectivity index (χ2v) is 5.11. The van der Waals surface area contributed by atoms with Crippen LogP contribution in [0.5, 0.6) is 11.5 Å². The molecule has 0 bridgehead atoms. The highest BCUT2D eigenvalue weighted by atomic mass is 32.2. The Morgan fingerprint density at radius 2 is 2.15 bits per heavy atom. The minimum Gasteiger partial charge on any atom is -0.480 e. The number of nitrogens with two attached hydrogens (primary N) is 1. The largest absolute Gasteiger partial charge is 0.480 e. The number of nitrogens with one attached hydrogen (secondary N) is 1. The smallest absolute Gasteiger partial charge is 0.321 e. The predicted octanol–water partition coefficient (Wildman–Crippen LogP) is 0.499. The van der Waals surface area contributed by atoms with Gasteiger partial charge in [0, 0.05) is 17.5 Å². The number of carbonyl (C=O) groups excluding carboxylic acids is 1. The summed E-state index contributed by atoms with van der Waals surface area (Å²) in [6, 6.07) is 4.14. The summed E-state index contributed by atoms with van der Waals surface area (Å²) in [5.41, 5.74) is 5.93. The van der Waals surface area contributed by atoms with E-state index in [1.807, 2.05) is 0 Å². The lowest BCUT2D eigenvalue weighted by molar-refractivity contribution is -0.137. The van der Waals surface area contributed by atoms with Gasteiger partial charge in [-0.05, 0) is 12.1 Å². The lowest BCUT2D eigenvalue weighted by atomic mass is 10.3. The van der Waals surface area contributed by atoms with Crippen molar-refractivity contribution in [1.29, 1.82) is 0 Å². The molecule has 20 heavy (non-hydrogen) atoms. The molecule has 0 aliphatic carbocycles. The SMILES string of the molecule is N[C@@H](CSCC(=O)Nc1ccc2c(c1)OCO2)C(=O)O. The summed E-state index contributed by atoms with van der Waals surface area (Å²) in [5, 5.41) is 11.3. The van der Waals surface area contributed by atoms with Gasteiger partial charge in [0.05, 0.1) is 5.75 Å². The molecular formula is C12H14N2O5S. The quantitative estimate of drug-likeness (QED) is 0.701. The minimum absolute atomic E-state index is 0.134. The molecule has 0 spiro atoms. The van der Waals surface area contributed by atoms with Crippen molar-refractivity contribution in [1.82, 2.24) is 0 Å². The van der Waals surface area contributed by atoms with Crippen LogP contribution in [0.1, 0.15) is 0 Å². The zero-order valence-corrected chi connectivity index (χ0v) is 11.3. The van der Waals surface area contributed by atoms with Crippen LogP contribution in [-0.2, 0) is 9.59 Å². The zero-order valence-electron chi connectivity index (χ0n) is 10.5. The number of hydrogen-bond donors (Lipinski definition) is 3. The van der Waals surface area contributed by atoms with Gasteiger partial charge < -0.3 is 25.6 Å². The molecule has 0 radical (unpaired) electrons. The van der Waals surface area contributed by atoms with Crippen LogP contribution in [0, 0.1) is 0 Å². The lowest BCUT2D eigenvalue weighted by Crippen LogP contribution is -2.33. The Morgan fingerprint density at radius 1 is 1.40 bits per heavy atom. The topological polar surface area (TPSA) is 111 Å². The molecule has 0 saturated carbocycles. The number of hydrogen-bond acceptors (Lipinski definition) is 6. The Hall–Kier alpha value is -1.93. The van der Waals surface area contributed by atoms with Gasteiger partial charge in [0.1, 0.15) is 6.04 Å². The van der Waals surface area contributed by atoms with E-state index in [0.29, 0.717) is 17.2 Å². The van der Waals surface area contributed by atoms with Crippen molar-refractivity contribution < 1.29 is 24.2 Å². The van der Waals surface area contributed by atoms with E-state index >= 15 is 0 Å². The van der Waals surface area contributed by atoms with Gasteiger partial charge in [0.2, 0.25) is 12.7 Å². The van der Waals surface area contributed by atoms with Crippen molar-refractivity contribution in [2.45, 2.75) is 6.04 Å². The van der Waals surface area contributed by atoms with Crippen LogP contribution in [0.3, 0.4) is 0 Å². The lowest BCUT2D eigenvalue weighted by Gasteiger charge is -2.07. The fourth-order valence-electron chi connectivity index (χ4n) is 1.52.